The van der Waals surface area contributed by atoms with Crippen molar-refractivity contribution in [3.63, 3.8) is 0 Å². The lowest BCUT2D eigenvalue weighted by Gasteiger charge is -2.45. The minimum atomic E-state index is -1.15. The molecule has 4 saturated heterocycles. The fraction of sp³-hybridized carbons (Fsp3) is 0.846. The second-order valence-corrected chi connectivity index (χ2v) is 13.8. The van der Waals surface area contributed by atoms with Gasteiger partial charge in [0.1, 0.15) is 42.5 Å². The first-order valence-corrected chi connectivity index (χ1v) is 16.0. The normalized spacial score (nSPS) is 38.1. The first kappa shape index (κ1) is 33.2. The van der Waals surface area contributed by atoms with Gasteiger partial charge in [0.15, 0.2) is 30.1 Å². The van der Waals surface area contributed by atoms with Crippen LogP contribution in [0.25, 0.3) is 0 Å². The van der Waals surface area contributed by atoms with E-state index >= 15 is 0 Å². The minimum absolute atomic E-state index is 0.272. The Balaban J connectivity index is 1.52. The molecule has 0 unspecified atom stereocenters. The van der Waals surface area contributed by atoms with Crippen LogP contribution in [0.1, 0.15) is 55.4 Å². The molecule has 1 amide bonds. The number of carbonyl (C=O) groups excluding carboxylic acids is 4. The molecule has 4 aliphatic heterocycles. The molecule has 0 aromatic heterocycles. The minimum Gasteiger partial charge on any atom is -0.463 e. The van der Waals surface area contributed by atoms with E-state index in [-0.39, 0.29) is 6.61 Å². The summed E-state index contributed by atoms with van der Waals surface area (Å²) in [5.41, 5.74) is -0.815. The standard InChI is InChI=1S/C26H39NO13S2/c1-11(28)27-17-20(34-14(4)31)18(33-13(3)30)15(9-32-12(2)29)36-24(17)42-41-10-16-19-21(38-25(5,6)37-19)22-23(35-16)40-26(7,8)39-22/h15-24H,9-10H2,1-8H3,(H,27,28)/t15-,16-,17-,18-,19+,20-,21+,22-,23-,24+/m1/s1. The average molecular weight is 638 g/mol. The lowest BCUT2D eigenvalue weighted by molar-refractivity contribution is -0.228. The summed E-state index contributed by atoms with van der Waals surface area (Å²) in [6, 6.07) is -0.913. The van der Waals surface area contributed by atoms with Gasteiger partial charge in [-0.1, -0.05) is 21.6 Å². The summed E-state index contributed by atoms with van der Waals surface area (Å²) in [5, 5.41) is 2.76. The smallest absolute Gasteiger partial charge is 0.303 e. The summed E-state index contributed by atoms with van der Waals surface area (Å²) in [4.78, 5) is 47.8. The molecule has 14 nitrogen and oxygen atoms in total. The van der Waals surface area contributed by atoms with Crippen LogP contribution in [0.15, 0.2) is 0 Å². The maximum atomic E-state index is 12.2. The quantitative estimate of drug-likeness (QED) is 0.219. The molecule has 0 aliphatic carbocycles. The highest BCUT2D eigenvalue weighted by Gasteiger charge is 2.60. The number of nitrogens with one attached hydrogen (secondary N) is 1. The Morgan fingerprint density at radius 1 is 0.738 bits per heavy atom. The number of esters is 3. The summed E-state index contributed by atoms with van der Waals surface area (Å²) in [7, 11) is 2.62. The molecule has 0 radical (unpaired) electrons. The van der Waals surface area contributed by atoms with Gasteiger partial charge < -0.3 is 47.9 Å². The van der Waals surface area contributed by atoms with Crippen LogP contribution in [0, 0.1) is 0 Å². The Morgan fingerprint density at radius 2 is 1.33 bits per heavy atom. The number of rotatable bonds is 9. The Bertz CT molecular complexity index is 1040. The third kappa shape index (κ3) is 8.08. The molecular formula is C26H39NO13S2. The summed E-state index contributed by atoms with van der Waals surface area (Å²) >= 11 is 0. The average Bonchev–Trinajstić information content (AvgIpc) is 3.34. The van der Waals surface area contributed by atoms with E-state index < -0.39 is 95.9 Å². The van der Waals surface area contributed by atoms with Crippen LogP contribution in [-0.2, 0) is 61.8 Å². The zero-order valence-electron chi connectivity index (χ0n) is 24.8. The summed E-state index contributed by atoms with van der Waals surface area (Å²) in [6.45, 7) is 11.9. The molecule has 1 N–H and O–H groups in total. The van der Waals surface area contributed by atoms with Gasteiger partial charge in [-0.3, -0.25) is 19.2 Å². The predicted molar refractivity (Wildman–Crippen MR) is 147 cm³/mol. The van der Waals surface area contributed by atoms with Crippen LogP contribution >= 0.6 is 21.6 Å². The third-order valence-corrected chi connectivity index (χ3v) is 9.30. The molecular weight excluding hydrogens is 598 g/mol. The number of carbonyl (C=O) groups is 4. The molecule has 16 heteroatoms. The highest BCUT2D eigenvalue weighted by atomic mass is 33.1. The molecule has 4 fully saturated rings. The zero-order valence-corrected chi connectivity index (χ0v) is 26.4. The van der Waals surface area contributed by atoms with Crippen LogP contribution in [0.3, 0.4) is 0 Å². The van der Waals surface area contributed by atoms with Gasteiger partial charge in [-0.15, -0.1) is 0 Å². The second-order valence-electron chi connectivity index (χ2n) is 11.3. The van der Waals surface area contributed by atoms with Crippen molar-refractivity contribution in [1.82, 2.24) is 5.32 Å². The van der Waals surface area contributed by atoms with Crippen LogP contribution in [-0.4, -0.2) is 108 Å². The Kier molecular flexibility index (Phi) is 10.4. The van der Waals surface area contributed by atoms with Gasteiger partial charge in [-0.25, -0.2) is 0 Å². The third-order valence-electron chi connectivity index (χ3n) is 6.72. The molecule has 0 spiro atoms. The fourth-order valence-corrected chi connectivity index (χ4v) is 8.06. The number of ether oxygens (including phenoxy) is 9. The summed E-state index contributed by atoms with van der Waals surface area (Å²) in [5.74, 6) is -3.62. The number of hydrogen-bond acceptors (Lipinski definition) is 15. The molecule has 0 aromatic rings. The SMILES string of the molecule is CC(=O)N[C@@H]1[C@@H](OC(C)=O)[C@H](OC(C)=O)[C@@H](COC(C)=O)O[C@H]1SSC[C@H]1O[C@@H]2OC(C)(C)O[C@@H]2[C@H]2OC(C)(C)O[C@H]21. The van der Waals surface area contributed by atoms with Gasteiger partial charge in [-0.05, 0) is 27.7 Å². The van der Waals surface area contributed by atoms with E-state index in [2.05, 4.69) is 5.32 Å². The van der Waals surface area contributed by atoms with Crippen LogP contribution in [0.4, 0.5) is 0 Å². The topological polar surface area (TPSA) is 163 Å². The number of fused-ring (bicyclic) bond motifs is 3. The van der Waals surface area contributed by atoms with E-state index in [0.717, 1.165) is 0 Å². The fourth-order valence-electron chi connectivity index (χ4n) is 5.37. The maximum absolute atomic E-state index is 12.2. The van der Waals surface area contributed by atoms with E-state index in [1.54, 1.807) is 0 Å². The van der Waals surface area contributed by atoms with Gasteiger partial charge in [0.2, 0.25) is 5.91 Å². The molecule has 0 aromatic carbocycles. The number of hydrogen-bond donors (Lipinski definition) is 1. The highest BCUT2D eigenvalue weighted by molar-refractivity contribution is 8.76. The van der Waals surface area contributed by atoms with Crippen molar-refractivity contribution in [2.45, 2.75) is 127 Å². The second kappa shape index (κ2) is 13.1. The van der Waals surface area contributed by atoms with Crippen molar-refractivity contribution in [1.29, 1.82) is 0 Å². The van der Waals surface area contributed by atoms with Gasteiger partial charge in [0.05, 0.1) is 6.10 Å². The van der Waals surface area contributed by atoms with Crippen molar-refractivity contribution >= 4 is 45.4 Å². The largest absolute Gasteiger partial charge is 0.463 e. The lowest BCUT2D eigenvalue weighted by Crippen LogP contribution is -2.65. The maximum Gasteiger partial charge on any atom is 0.303 e. The Labute approximate surface area is 252 Å². The summed E-state index contributed by atoms with van der Waals surface area (Å²) in [6.07, 6.45) is -5.69. The molecule has 4 aliphatic rings. The van der Waals surface area contributed by atoms with Crippen LogP contribution in [0.5, 0.6) is 0 Å². The zero-order chi connectivity index (χ0) is 31.0. The van der Waals surface area contributed by atoms with Crippen LogP contribution in [0.2, 0.25) is 0 Å². The first-order chi connectivity index (χ1) is 19.5. The van der Waals surface area contributed by atoms with Gasteiger partial charge in [0, 0.05) is 33.4 Å². The van der Waals surface area contributed by atoms with Crippen molar-refractivity contribution in [2.75, 3.05) is 12.4 Å². The Hall–Kier alpha value is -1.66. The van der Waals surface area contributed by atoms with Crippen molar-refractivity contribution in [2.24, 2.45) is 0 Å². The van der Waals surface area contributed by atoms with E-state index in [9.17, 15) is 19.2 Å². The monoisotopic (exact) mass is 637 g/mol. The molecule has 4 heterocycles. The van der Waals surface area contributed by atoms with E-state index in [0.29, 0.717) is 5.75 Å². The van der Waals surface area contributed by atoms with Gasteiger partial charge >= 0.3 is 17.9 Å². The first-order valence-electron chi connectivity index (χ1n) is 13.6. The Morgan fingerprint density at radius 3 is 1.95 bits per heavy atom. The van der Waals surface area contributed by atoms with E-state index in [1.165, 1.54) is 49.3 Å². The van der Waals surface area contributed by atoms with Gasteiger partial charge in [-0.2, -0.15) is 0 Å². The van der Waals surface area contributed by atoms with E-state index in [4.69, 9.17) is 42.6 Å². The van der Waals surface area contributed by atoms with Crippen molar-refractivity contribution in [3.8, 4) is 0 Å². The molecule has 10 atom stereocenters. The number of amides is 1. The molecule has 0 saturated carbocycles. The lowest BCUT2D eigenvalue weighted by atomic mass is 9.97. The molecule has 4 rings (SSSR count). The van der Waals surface area contributed by atoms with Crippen molar-refractivity contribution < 1.29 is 61.8 Å². The highest BCUT2D eigenvalue weighted by Crippen LogP contribution is 2.46. The van der Waals surface area contributed by atoms with Gasteiger partial charge in [0.25, 0.3) is 0 Å². The molecule has 0 bridgehead atoms. The summed E-state index contributed by atoms with van der Waals surface area (Å²) < 4.78 is 53.1. The van der Waals surface area contributed by atoms with Crippen molar-refractivity contribution in [3.05, 3.63) is 0 Å². The van der Waals surface area contributed by atoms with Crippen LogP contribution < -0.4 is 5.32 Å². The predicted octanol–water partition coefficient (Wildman–Crippen LogP) is 1.42. The molecule has 238 valence electrons. The van der Waals surface area contributed by atoms with E-state index in [1.807, 2.05) is 27.7 Å². The molecule has 42 heavy (non-hydrogen) atoms.